The Kier molecular flexibility index (Phi) is 3.66. The Balaban J connectivity index is 1.79. The molecule has 0 aliphatic carbocycles. The van der Waals surface area contributed by atoms with E-state index >= 15 is 0 Å². The first-order valence-electron chi connectivity index (χ1n) is 8.12. The van der Waals surface area contributed by atoms with Gasteiger partial charge in [0.2, 0.25) is 10.0 Å². The molecule has 0 spiro atoms. The van der Waals surface area contributed by atoms with Crippen molar-refractivity contribution in [1.82, 2.24) is 13.9 Å². The van der Waals surface area contributed by atoms with Crippen LogP contribution in [0.2, 0.25) is 0 Å². The Morgan fingerprint density at radius 2 is 1.92 bits per heavy atom. The Labute approximate surface area is 141 Å². The van der Waals surface area contributed by atoms with Gasteiger partial charge >= 0.3 is 0 Å². The molecule has 0 saturated heterocycles. The van der Waals surface area contributed by atoms with Crippen LogP contribution in [0.15, 0.2) is 53.7 Å². The first-order chi connectivity index (χ1) is 11.6. The fraction of sp³-hybridized carbons (Fsp3) is 0.278. The number of pyridine rings is 1. The van der Waals surface area contributed by atoms with Crippen LogP contribution in [0.1, 0.15) is 18.1 Å². The number of sulfonamides is 1. The molecule has 0 bridgehead atoms. The summed E-state index contributed by atoms with van der Waals surface area (Å²) in [4.78, 5) is 4.70. The molecule has 1 aliphatic rings. The van der Waals surface area contributed by atoms with Gasteiger partial charge in [-0.05, 0) is 36.6 Å². The lowest BCUT2D eigenvalue weighted by molar-refractivity contribution is 0.391. The second-order valence-electron chi connectivity index (χ2n) is 6.01. The number of aryl methyl sites for hydroxylation is 1. The van der Waals surface area contributed by atoms with Crippen molar-refractivity contribution < 1.29 is 8.42 Å². The van der Waals surface area contributed by atoms with E-state index in [2.05, 4.69) is 11.1 Å². The summed E-state index contributed by atoms with van der Waals surface area (Å²) >= 11 is 0. The number of hydrogen-bond donors (Lipinski definition) is 0. The molecule has 4 rings (SSSR count). The number of rotatable bonds is 3. The molecule has 0 N–H and O–H groups in total. The zero-order valence-electron chi connectivity index (χ0n) is 13.5. The van der Waals surface area contributed by atoms with Crippen LogP contribution in [-0.2, 0) is 29.5 Å². The van der Waals surface area contributed by atoms with Crippen molar-refractivity contribution in [2.24, 2.45) is 0 Å². The van der Waals surface area contributed by atoms with E-state index in [0.29, 0.717) is 29.9 Å². The largest absolute Gasteiger partial charge is 0.331 e. The van der Waals surface area contributed by atoms with E-state index in [1.807, 2.05) is 35.8 Å². The van der Waals surface area contributed by atoms with Gasteiger partial charge in [-0.3, -0.25) is 0 Å². The smallest absolute Gasteiger partial charge is 0.245 e. The van der Waals surface area contributed by atoms with Gasteiger partial charge in [-0.1, -0.05) is 24.3 Å². The molecule has 5 nitrogen and oxygen atoms in total. The molecular weight excluding hydrogens is 322 g/mol. The monoisotopic (exact) mass is 341 g/mol. The van der Waals surface area contributed by atoms with Crippen LogP contribution < -0.4 is 0 Å². The maximum atomic E-state index is 13.2. The minimum atomic E-state index is -3.55. The standard InChI is InChI=1S/C18H19N3O2S/c1-2-20-13-17(16-8-5-10-19-18(16)20)24(22,23)21-11-9-14-6-3-4-7-15(14)12-21/h3-8,10,13H,2,9,11-12H2,1H3. The first kappa shape index (κ1) is 15.4. The van der Waals surface area contributed by atoms with Crippen molar-refractivity contribution >= 4 is 21.1 Å². The molecule has 3 heterocycles. The van der Waals surface area contributed by atoms with Crippen molar-refractivity contribution in [2.45, 2.75) is 31.3 Å². The van der Waals surface area contributed by atoms with Crippen molar-refractivity contribution in [3.05, 3.63) is 59.9 Å². The zero-order valence-corrected chi connectivity index (χ0v) is 14.3. The predicted octanol–water partition coefficient (Wildman–Crippen LogP) is 2.80. The van der Waals surface area contributed by atoms with E-state index in [1.165, 1.54) is 5.56 Å². The van der Waals surface area contributed by atoms with Gasteiger partial charge in [-0.25, -0.2) is 13.4 Å². The highest BCUT2D eigenvalue weighted by atomic mass is 32.2. The van der Waals surface area contributed by atoms with Crippen molar-refractivity contribution in [3.63, 3.8) is 0 Å². The summed E-state index contributed by atoms with van der Waals surface area (Å²) in [5, 5.41) is 0.693. The quantitative estimate of drug-likeness (QED) is 0.736. The van der Waals surface area contributed by atoms with Crippen LogP contribution in [0, 0.1) is 0 Å². The van der Waals surface area contributed by atoms with Crippen molar-refractivity contribution in [1.29, 1.82) is 0 Å². The fourth-order valence-electron chi connectivity index (χ4n) is 3.35. The summed E-state index contributed by atoms with van der Waals surface area (Å²) in [6, 6.07) is 11.7. The lowest BCUT2D eigenvalue weighted by atomic mass is 10.0. The minimum absolute atomic E-state index is 0.354. The molecule has 1 aliphatic heterocycles. The summed E-state index contributed by atoms with van der Waals surface area (Å²) < 4.78 is 29.9. The molecule has 124 valence electrons. The number of aromatic nitrogens is 2. The highest BCUT2D eigenvalue weighted by Gasteiger charge is 2.31. The van der Waals surface area contributed by atoms with Crippen LogP contribution in [-0.4, -0.2) is 28.8 Å². The van der Waals surface area contributed by atoms with E-state index in [-0.39, 0.29) is 0 Å². The van der Waals surface area contributed by atoms with Gasteiger partial charge in [0, 0.05) is 37.4 Å². The highest BCUT2D eigenvalue weighted by molar-refractivity contribution is 7.89. The van der Waals surface area contributed by atoms with Gasteiger partial charge in [-0.2, -0.15) is 4.31 Å². The Bertz CT molecular complexity index is 1010. The average molecular weight is 341 g/mol. The van der Waals surface area contributed by atoms with E-state index in [1.54, 1.807) is 22.8 Å². The molecule has 0 radical (unpaired) electrons. The van der Waals surface area contributed by atoms with Crippen LogP contribution in [0.5, 0.6) is 0 Å². The van der Waals surface area contributed by atoms with Gasteiger partial charge in [0.15, 0.2) is 0 Å². The lowest BCUT2D eigenvalue weighted by Gasteiger charge is -2.27. The third-order valence-electron chi connectivity index (χ3n) is 4.65. The maximum absolute atomic E-state index is 13.2. The van der Waals surface area contributed by atoms with E-state index in [9.17, 15) is 8.42 Å². The van der Waals surface area contributed by atoms with Crippen LogP contribution >= 0.6 is 0 Å². The summed E-state index contributed by atoms with van der Waals surface area (Å²) in [6.07, 6.45) is 4.16. The summed E-state index contributed by atoms with van der Waals surface area (Å²) in [7, 11) is -3.55. The first-order valence-corrected chi connectivity index (χ1v) is 9.56. The summed E-state index contributed by atoms with van der Waals surface area (Å²) in [6.45, 7) is 3.61. The van der Waals surface area contributed by atoms with Crippen LogP contribution in [0.25, 0.3) is 11.0 Å². The molecule has 0 unspecified atom stereocenters. The second kappa shape index (κ2) is 5.72. The molecule has 3 aromatic rings. The van der Waals surface area contributed by atoms with Crippen LogP contribution in [0.4, 0.5) is 0 Å². The van der Waals surface area contributed by atoms with Crippen molar-refractivity contribution in [3.8, 4) is 0 Å². The highest BCUT2D eigenvalue weighted by Crippen LogP contribution is 2.30. The Morgan fingerprint density at radius 3 is 2.71 bits per heavy atom. The normalized spacial score (nSPS) is 15.5. The molecule has 2 aromatic heterocycles. The van der Waals surface area contributed by atoms with Gasteiger partial charge in [-0.15, -0.1) is 0 Å². The molecule has 0 amide bonds. The summed E-state index contributed by atoms with van der Waals surface area (Å²) in [5.41, 5.74) is 3.04. The van der Waals surface area contributed by atoms with Gasteiger partial charge < -0.3 is 4.57 Å². The zero-order chi connectivity index (χ0) is 16.7. The number of nitrogens with zero attached hydrogens (tertiary/aromatic N) is 3. The fourth-order valence-corrected chi connectivity index (χ4v) is 4.97. The minimum Gasteiger partial charge on any atom is -0.331 e. The van der Waals surface area contributed by atoms with Gasteiger partial charge in [0.25, 0.3) is 0 Å². The van der Waals surface area contributed by atoms with Crippen molar-refractivity contribution in [2.75, 3.05) is 6.54 Å². The molecule has 0 fully saturated rings. The average Bonchev–Trinajstić information content (AvgIpc) is 3.01. The molecule has 24 heavy (non-hydrogen) atoms. The topological polar surface area (TPSA) is 55.2 Å². The third kappa shape index (κ3) is 2.34. The SMILES string of the molecule is CCn1cc(S(=O)(=O)N2CCc3ccccc3C2)c2cccnc21. The molecule has 0 saturated carbocycles. The summed E-state index contributed by atoms with van der Waals surface area (Å²) in [5.74, 6) is 0. The van der Waals surface area contributed by atoms with Gasteiger partial charge in [0.1, 0.15) is 10.5 Å². The van der Waals surface area contributed by atoms with E-state index in [4.69, 9.17) is 0 Å². The number of hydrogen-bond acceptors (Lipinski definition) is 3. The van der Waals surface area contributed by atoms with Crippen LogP contribution in [0.3, 0.4) is 0 Å². The lowest BCUT2D eigenvalue weighted by Crippen LogP contribution is -2.35. The predicted molar refractivity (Wildman–Crippen MR) is 93.1 cm³/mol. The van der Waals surface area contributed by atoms with E-state index < -0.39 is 10.0 Å². The maximum Gasteiger partial charge on any atom is 0.245 e. The molecule has 1 aromatic carbocycles. The Hall–Kier alpha value is -2.18. The molecular formula is C18H19N3O2S. The Morgan fingerprint density at radius 1 is 1.12 bits per heavy atom. The molecule has 0 atom stereocenters. The number of fused-ring (bicyclic) bond motifs is 2. The van der Waals surface area contributed by atoms with Gasteiger partial charge in [0.05, 0.1) is 0 Å². The van der Waals surface area contributed by atoms with E-state index in [0.717, 1.165) is 17.6 Å². The molecule has 6 heteroatoms. The second-order valence-corrected chi connectivity index (χ2v) is 7.92. The number of benzene rings is 1. The third-order valence-corrected chi connectivity index (χ3v) is 6.52.